The third-order valence-corrected chi connectivity index (χ3v) is 3.33. The molecule has 0 bridgehead atoms. The zero-order valence-corrected chi connectivity index (χ0v) is 12.4. The molecule has 2 rings (SSSR count). The summed E-state index contributed by atoms with van der Waals surface area (Å²) in [7, 11) is 0. The van der Waals surface area contributed by atoms with Gasteiger partial charge in [-0.3, -0.25) is 9.48 Å². The quantitative estimate of drug-likeness (QED) is 0.910. The van der Waals surface area contributed by atoms with Crippen LogP contribution in [0.25, 0.3) is 0 Å². The number of aryl methyl sites for hydroxylation is 3. The Morgan fingerprint density at radius 2 is 2.15 bits per heavy atom. The highest BCUT2D eigenvalue weighted by atomic mass is 16.5. The van der Waals surface area contributed by atoms with Gasteiger partial charge in [0.25, 0.3) is 0 Å². The lowest BCUT2D eigenvalue weighted by Crippen LogP contribution is -2.13. The third kappa shape index (κ3) is 3.07. The molecule has 2 aromatic rings. The summed E-state index contributed by atoms with van der Waals surface area (Å²) >= 11 is 0. The molecule has 0 fully saturated rings. The summed E-state index contributed by atoms with van der Waals surface area (Å²) in [5.41, 5.74) is 3.28. The minimum atomic E-state index is -0.0682. The molecular weight excluding hydrogens is 256 g/mol. The lowest BCUT2D eigenvalue weighted by molar-refractivity contribution is -0.116. The summed E-state index contributed by atoms with van der Waals surface area (Å²) in [6.45, 7) is 8.71. The Balaban J connectivity index is 1.95. The average molecular weight is 276 g/mol. The first-order chi connectivity index (χ1) is 9.51. The van der Waals surface area contributed by atoms with E-state index in [2.05, 4.69) is 22.5 Å². The first-order valence-electron chi connectivity index (χ1n) is 6.77. The van der Waals surface area contributed by atoms with Crippen LogP contribution in [0.4, 0.5) is 5.82 Å². The van der Waals surface area contributed by atoms with Crippen molar-refractivity contribution in [3.63, 3.8) is 0 Å². The van der Waals surface area contributed by atoms with Gasteiger partial charge in [-0.2, -0.15) is 5.10 Å². The maximum absolute atomic E-state index is 11.9. The molecule has 0 aromatic carbocycles. The molecule has 0 unspecified atom stereocenters. The van der Waals surface area contributed by atoms with Crippen LogP contribution in [0, 0.1) is 20.8 Å². The topological polar surface area (TPSA) is 73.0 Å². The second kappa shape index (κ2) is 5.90. The van der Waals surface area contributed by atoms with Gasteiger partial charge in [-0.15, -0.1) is 0 Å². The van der Waals surface area contributed by atoms with Crippen molar-refractivity contribution in [2.45, 2.75) is 47.1 Å². The second-order valence-corrected chi connectivity index (χ2v) is 4.84. The van der Waals surface area contributed by atoms with E-state index < -0.39 is 0 Å². The lowest BCUT2D eigenvalue weighted by Gasteiger charge is -2.03. The van der Waals surface area contributed by atoms with Gasteiger partial charge in [0, 0.05) is 24.7 Å². The standard InChI is InChI=1S/C14H20N4O2/c1-5-18-11(4)12(10(3)16-18)6-7-14(19)15-13-8-9(2)20-17-13/h8H,5-7H2,1-4H3,(H,15,17,19). The van der Waals surface area contributed by atoms with Gasteiger partial charge in [0.15, 0.2) is 5.82 Å². The molecule has 0 aliphatic carbocycles. The van der Waals surface area contributed by atoms with Crippen LogP contribution in [0.1, 0.15) is 36.1 Å². The van der Waals surface area contributed by atoms with E-state index in [-0.39, 0.29) is 5.91 Å². The Bertz CT molecular complexity index is 613. The predicted molar refractivity (Wildman–Crippen MR) is 75.6 cm³/mol. The molecule has 6 nitrogen and oxygen atoms in total. The molecule has 0 saturated carbocycles. The number of nitrogens with zero attached hydrogens (tertiary/aromatic N) is 3. The molecule has 1 amide bonds. The molecule has 6 heteroatoms. The number of rotatable bonds is 5. The predicted octanol–water partition coefficient (Wildman–Crippen LogP) is 2.39. The lowest BCUT2D eigenvalue weighted by atomic mass is 10.1. The molecule has 0 aliphatic rings. The van der Waals surface area contributed by atoms with Crippen molar-refractivity contribution in [1.82, 2.24) is 14.9 Å². The minimum absolute atomic E-state index is 0.0682. The molecule has 2 aromatic heterocycles. The first-order valence-corrected chi connectivity index (χ1v) is 6.77. The first kappa shape index (κ1) is 14.3. The minimum Gasteiger partial charge on any atom is -0.360 e. The molecule has 0 radical (unpaired) electrons. The van der Waals surface area contributed by atoms with E-state index in [0.717, 1.165) is 23.5 Å². The highest BCUT2D eigenvalue weighted by molar-refractivity contribution is 5.89. The van der Waals surface area contributed by atoms with Crippen LogP contribution in [0.2, 0.25) is 0 Å². The fourth-order valence-corrected chi connectivity index (χ4v) is 2.27. The molecule has 0 spiro atoms. The third-order valence-electron chi connectivity index (χ3n) is 3.33. The normalized spacial score (nSPS) is 10.8. The smallest absolute Gasteiger partial charge is 0.225 e. The Kier molecular flexibility index (Phi) is 4.22. The van der Waals surface area contributed by atoms with E-state index in [1.165, 1.54) is 0 Å². The summed E-state index contributed by atoms with van der Waals surface area (Å²) in [4.78, 5) is 11.9. The second-order valence-electron chi connectivity index (χ2n) is 4.84. The van der Waals surface area contributed by atoms with Crippen molar-refractivity contribution < 1.29 is 9.32 Å². The highest BCUT2D eigenvalue weighted by Crippen LogP contribution is 2.15. The van der Waals surface area contributed by atoms with E-state index >= 15 is 0 Å². The van der Waals surface area contributed by atoms with Crippen LogP contribution in [-0.4, -0.2) is 20.8 Å². The average Bonchev–Trinajstić information content (AvgIpc) is 2.92. The number of aromatic nitrogens is 3. The molecule has 20 heavy (non-hydrogen) atoms. The molecule has 0 saturated heterocycles. The van der Waals surface area contributed by atoms with E-state index in [1.807, 2.05) is 18.5 Å². The van der Waals surface area contributed by atoms with Gasteiger partial charge < -0.3 is 9.84 Å². The fraction of sp³-hybridized carbons (Fsp3) is 0.500. The van der Waals surface area contributed by atoms with Crippen molar-refractivity contribution in [2.75, 3.05) is 5.32 Å². The molecule has 0 aliphatic heterocycles. The number of amides is 1. The molecule has 0 atom stereocenters. The van der Waals surface area contributed by atoms with Crippen LogP contribution in [0.15, 0.2) is 10.6 Å². The molecular formula is C14H20N4O2. The number of hydrogen-bond acceptors (Lipinski definition) is 4. The Morgan fingerprint density at radius 1 is 1.40 bits per heavy atom. The summed E-state index contributed by atoms with van der Waals surface area (Å²) in [5, 5.41) is 10.9. The van der Waals surface area contributed by atoms with Crippen LogP contribution < -0.4 is 5.32 Å². The largest absolute Gasteiger partial charge is 0.360 e. The molecule has 1 N–H and O–H groups in total. The van der Waals surface area contributed by atoms with Crippen LogP contribution in [0.3, 0.4) is 0 Å². The zero-order valence-electron chi connectivity index (χ0n) is 12.4. The molecule has 108 valence electrons. The van der Waals surface area contributed by atoms with E-state index in [0.29, 0.717) is 24.4 Å². The van der Waals surface area contributed by atoms with Crippen LogP contribution >= 0.6 is 0 Å². The Morgan fingerprint density at radius 3 is 2.70 bits per heavy atom. The SMILES string of the molecule is CCn1nc(C)c(CCC(=O)Nc2cc(C)on2)c1C. The summed E-state index contributed by atoms with van der Waals surface area (Å²) in [6, 6.07) is 1.70. The van der Waals surface area contributed by atoms with E-state index in [4.69, 9.17) is 4.52 Å². The van der Waals surface area contributed by atoms with E-state index in [9.17, 15) is 4.79 Å². The number of hydrogen-bond donors (Lipinski definition) is 1. The summed E-state index contributed by atoms with van der Waals surface area (Å²) in [5.74, 6) is 1.07. The van der Waals surface area contributed by atoms with E-state index in [1.54, 1.807) is 13.0 Å². The maximum atomic E-state index is 11.9. The Hall–Kier alpha value is -2.11. The highest BCUT2D eigenvalue weighted by Gasteiger charge is 2.13. The summed E-state index contributed by atoms with van der Waals surface area (Å²) < 4.78 is 6.87. The van der Waals surface area contributed by atoms with Crippen molar-refractivity contribution in [3.8, 4) is 0 Å². The maximum Gasteiger partial charge on any atom is 0.225 e. The van der Waals surface area contributed by atoms with Crippen LogP contribution in [0.5, 0.6) is 0 Å². The van der Waals surface area contributed by atoms with Gasteiger partial charge in [0.2, 0.25) is 5.91 Å². The van der Waals surface area contributed by atoms with Crippen LogP contribution in [-0.2, 0) is 17.8 Å². The number of carbonyl (C=O) groups is 1. The Labute approximate surface area is 118 Å². The van der Waals surface area contributed by atoms with Crippen molar-refractivity contribution in [1.29, 1.82) is 0 Å². The zero-order chi connectivity index (χ0) is 14.7. The van der Waals surface area contributed by atoms with Crippen molar-refractivity contribution >= 4 is 11.7 Å². The van der Waals surface area contributed by atoms with Gasteiger partial charge >= 0.3 is 0 Å². The van der Waals surface area contributed by atoms with Gasteiger partial charge in [-0.05, 0) is 39.7 Å². The molecule has 2 heterocycles. The van der Waals surface area contributed by atoms with Gasteiger partial charge in [0.05, 0.1) is 5.69 Å². The van der Waals surface area contributed by atoms with Crippen molar-refractivity contribution in [2.24, 2.45) is 0 Å². The van der Waals surface area contributed by atoms with Gasteiger partial charge in [0.1, 0.15) is 5.76 Å². The number of anilines is 1. The fourth-order valence-electron chi connectivity index (χ4n) is 2.27. The number of nitrogens with one attached hydrogen (secondary N) is 1. The number of carbonyl (C=O) groups excluding carboxylic acids is 1. The monoisotopic (exact) mass is 276 g/mol. The summed E-state index contributed by atoms with van der Waals surface area (Å²) in [6.07, 6.45) is 1.09. The van der Waals surface area contributed by atoms with Gasteiger partial charge in [-0.25, -0.2) is 0 Å². The van der Waals surface area contributed by atoms with Crippen molar-refractivity contribution in [3.05, 3.63) is 28.8 Å². The van der Waals surface area contributed by atoms with Gasteiger partial charge in [-0.1, -0.05) is 5.16 Å².